The maximum atomic E-state index is 13.7. The molecule has 0 saturated carbocycles. The van der Waals surface area contributed by atoms with Crippen LogP contribution in [0.15, 0.2) is 30.3 Å². The number of carbonyl (C=O) groups excluding carboxylic acids is 1. The van der Waals surface area contributed by atoms with Crippen molar-refractivity contribution in [2.45, 2.75) is 39.0 Å². The van der Waals surface area contributed by atoms with E-state index in [-0.39, 0.29) is 17.5 Å². The number of H-pyrrole nitrogens is 1. The van der Waals surface area contributed by atoms with Crippen molar-refractivity contribution in [3.05, 3.63) is 62.4 Å². The SMILES string of the molecule is Cc1nc(C(NC(=O)c2ccc(-c3ccc(Cl)c(F)c3)[nH]2)C(C)(C)N)sc1CO. The molecule has 0 fully saturated rings. The zero-order valence-electron chi connectivity index (χ0n) is 16.2. The maximum Gasteiger partial charge on any atom is 0.268 e. The second kappa shape index (κ2) is 8.23. The number of halogens is 2. The fraction of sp³-hybridized carbons (Fsp3) is 0.300. The predicted octanol–water partition coefficient (Wildman–Crippen LogP) is 3.94. The third-order valence-corrected chi connectivity index (χ3v) is 5.99. The highest BCUT2D eigenvalue weighted by atomic mass is 35.5. The van der Waals surface area contributed by atoms with E-state index in [1.807, 2.05) is 0 Å². The molecule has 0 aliphatic rings. The summed E-state index contributed by atoms with van der Waals surface area (Å²) in [5.74, 6) is -0.902. The summed E-state index contributed by atoms with van der Waals surface area (Å²) in [6, 6.07) is 7.18. The van der Waals surface area contributed by atoms with Gasteiger partial charge in [0.25, 0.3) is 5.91 Å². The molecule has 0 aliphatic carbocycles. The van der Waals surface area contributed by atoms with Gasteiger partial charge in [0.1, 0.15) is 16.5 Å². The number of nitrogens with zero attached hydrogens (tertiary/aromatic N) is 1. The lowest BCUT2D eigenvalue weighted by Gasteiger charge is -2.29. The molecule has 1 amide bonds. The highest BCUT2D eigenvalue weighted by Crippen LogP contribution is 2.30. The first-order chi connectivity index (χ1) is 13.6. The second-order valence-electron chi connectivity index (χ2n) is 7.36. The van der Waals surface area contributed by atoms with Gasteiger partial charge < -0.3 is 21.1 Å². The molecule has 5 N–H and O–H groups in total. The third-order valence-electron chi connectivity index (χ3n) is 4.48. The number of nitrogens with two attached hydrogens (primary N) is 1. The van der Waals surface area contributed by atoms with Gasteiger partial charge in [-0.25, -0.2) is 9.37 Å². The molecule has 6 nitrogen and oxygen atoms in total. The summed E-state index contributed by atoms with van der Waals surface area (Å²) in [5, 5.41) is 13.0. The lowest BCUT2D eigenvalue weighted by atomic mass is 9.96. The van der Waals surface area contributed by atoms with Gasteiger partial charge in [0.2, 0.25) is 0 Å². The smallest absolute Gasteiger partial charge is 0.268 e. The first kappa shape index (κ1) is 21.4. The van der Waals surface area contributed by atoms with Gasteiger partial charge in [-0.15, -0.1) is 11.3 Å². The quantitative estimate of drug-likeness (QED) is 0.469. The Morgan fingerprint density at radius 2 is 2.14 bits per heavy atom. The number of rotatable bonds is 6. The molecule has 0 radical (unpaired) electrons. The van der Waals surface area contributed by atoms with Crippen molar-refractivity contribution in [1.82, 2.24) is 15.3 Å². The molecule has 0 bridgehead atoms. The summed E-state index contributed by atoms with van der Waals surface area (Å²) in [7, 11) is 0. The number of hydrogen-bond acceptors (Lipinski definition) is 5. The number of carbonyl (C=O) groups is 1. The molecule has 9 heteroatoms. The number of thiazole rings is 1. The molecule has 1 unspecified atom stereocenters. The topological polar surface area (TPSA) is 104 Å². The Hall–Kier alpha value is -2.26. The van der Waals surface area contributed by atoms with Crippen LogP contribution < -0.4 is 11.1 Å². The van der Waals surface area contributed by atoms with Crippen molar-refractivity contribution in [2.24, 2.45) is 5.73 Å². The highest BCUT2D eigenvalue weighted by Gasteiger charge is 2.32. The Kier molecular flexibility index (Phi) is 6.09. The Morgan fingerprint density at radius 3 is 2.72 bits per heavy atom. The van der Waals surface area contributed by atoms with E-state index < -0.39 is 17.4 Å². The molecule has 1 aromatic carbocycles. The first-order valence-corrected chi connectivity index (χ1v) is 10.1. The monoisotopic (exact) mass is 436 g/mol. The number of amides is 1. The van der Waals surface area contributed by atoms with Crippen molar-refractivity contribution in [2.75, 3.05) is 0 Å². The van der Waals surface area contributed by atoms with E-state index in [1.165, 1.54) is 23.5 Å². The van der Waals surface area contributed by atoms with Crippen LogP contribution in [-0.4, -0.2) is 26.5 Å². The molecular weight excluding hydrogens is 415 g/mol. The van der Waals surface area contributed by atoms with E-state index in [1.54, 1.807) is 39.0 Å². The van der Waals surface area contributed by atoms with Crippen molar-refractivity contribution < 1.29 is 14.3 Å². The van der Waals surface area contributed by atoms with Crippen LogP contribution in [0.1, 0.15) is 46.0 Å². The Morgan fingerprint density at radius 1 is 1.41 bits per heavy atom. The molecule has 154 valence electrons. The highest BCUT2D eigenvalue weighted by molar-refractivity contribution is 7.11. The molecule has 0 spiro atoms. The molecule has 1 atom stereocenters. The molecule has 2 heterocycles. The summed E-state index contributed by atoms with van der Waals surface area (Å²) in [6.45, 7) is 5.27. The number of aliphatic hydroxyl groups excluding tert-OH is 1. The standard InChI is InChI=1S/C20H22ClFN4O2S/c1-10-16(9-27)29-19(24-10)17(20(2,3)23)26-18(28)15-7-6-14(25-15)11-4-5-12(21)13(22)8-11/h4-8,17,25,27H,9,23H2,1-3H3,(H,26,28). The van der Waals surface area contributed by atoms with E-state index in [0.717, 1.165) is 4.88 Å². The molecular formula is C20H22ClFN4O2S. The minimum Gasteiger partial charge on any atom is -0.391 e. The van der Waals surface area contributed by atoms with Crippen LogP contribution in [-0.2, 0) is 6.61 Å². The molecule has 3 rings (SSSR count). The summed E-state index contributed by atoms with van der Waals surface area (Å²) in [6.07, 6.45) is 0. The number of benzene rings is 1. The lowest BCUT2D eigenvalue weighted by molar-refractivity contribution is 0.0914. The van der Waals surface area contributed by atoms with Crippen molar-refractivity contribution in [1.29, 1.82) is 0 Å². The molecule has 0 aliphatic heterocycles. The first-order valence-electron chi connectivity index (χ1n) is 8.91. The van der Waals surface area contributed by atoms with E-state index in [0.29, 0.717) is 27.7 Å². The van der Waals surface area contributed by atoms with Gasteiger partial charge in [0.15, 0.2) is 0 Å². The van der Waals surface area contributed by atoms with Gasteiger partial charge in [-0.05, 0) is 45.0 Å². The van der Waals surface area contributed by atoms with Gasteiger partial charge in [-0.2, -0.15) is 0 Å². The number of aromatic nitrogens is 2. The van der Waals surface area contributed by atoms with Crippen LogP contribution >= 0.6 is 22.9 Å². The number of nitrogens with one attached hydrogen (secondary N) is 2. The minimum atomic E-state index is -0.790. The molecule has 29 heavy (non-hydrogen) atoms. The van der Waals surface area contributed by atoms with Crippen molar-refractivity contribution in [3.8, 4) is 11.3 Å². The normalized spacial score (nSPS) is 12.8. The van der Waals surface area contributed by atoms with E-state index >= 15 is 0 Å². The fourth-order valence-electron chi connectivity index (χ4n) is 2.86. The summed E-state index contributed by atoms with van der Waals surface area (Å²) >= 11 is 7.04. The number of aromatic amines is 1. The average molecular weight is 437 g/mol. The summed E-state index contributed by atoms with van der Waals surface area (Å²) in [4.78, 5) is 21.0. The predicted molar refractivity (Wildman–Crippen MR) is 112 cm³/mol. The van der Waals surface area contributed by atoms with Crippen molar-refractivity contribution in [3.63, 3.8) is 0 Å². The van der Waals surface area contributed by atoms with Gasteiger partial charge in [0.05, 0.1) is 28.2 Å². The largest absolute Gasteiger partial charge is 0.391 e. The molecule has 2 aromatic heterocycles. The summed E-state index contributed by atoms with van der Waals surface area (Å²) < 4.78 is 13.7. The average Bonchev–Trinajstić information content (AvgIpc) is 3.27. The van der Waals surface area contributed by atoms with Gasteiger partial charge >= 0.3 is 0 Å². The van der Waals surface area contributed by atoms with Gasteiger partial charge in [0, 0.05) is 16.8 Å². The van der Waals surface area contributed by atoms with E-state index in [9.17, 15) is 14.3 Å². The number of hydrogen-bond donors (Lipinski definition) is 4. The van der Waals surface area contributed by atoms with Crippen LogP contribution in [0.2, 0.25) is 5.02 Å². The Labute approximate surface area is 176 Å². The number of aliphatic hydroxyl groups is 1. The van der Waals surface area contributed by atoms with Crippen LogP contribution in [0.4, 0.5) is 4.39 Å². The van der Waals surface area contributed by atoms with E-state index in [4.69, 9.17) is 17.3 Å². The zero-order chi connectivity index (χ0) is 21.3. The zero-order valence-corrected chi connectivity index (χ0v) is 17.8. The van der Waals surface area contributed by atoms with Crippen LogP contribution in [0, 0.1) is 12.7 Å². The van der Waals surface area contributed by atoms with Crippen LogP contribution in [0.25, 0.3) is 11.3 Å². The minimum absolute atomic E-state index is 0.0345. The maximum absolute atomic E-state index is 13.7. The van der Waals surface area contributed by atoms with Crippen molar-refractivity contribution >= 4 is 28.8 Å². The Bertz CT molecular complexity index is 1040. The second-order valence-corrected chi connectivity index (χ2v) is 8.88. The van der Waals surface area contributed by atoms with E-state index in [2.05, 4.69) is 15.3 Å². The number of aryl methyl sites for hydroxylation is 1. The Balaban J connectivity index is 1.85. The molecule has 3 aromatic rings. The lowest BCUT2D eigenvalue weighted by Crippen LogP contribution is -2.48. The third kappa shape index (κ3) is 4.67. The van der Waals surface area contributed by atoms with Crippen LogP contribution in [0.3, 0.4) is 0 Å². The van der Waals surface area contributed by atoms with Gasteiger partial charge in [-0.1, -0.05) is 17.7 Å². The fourth-order valence-corrected chi connectivity index (χ4v) is 4.15. The van der Waals surface area contributed by atoms with Gasteiger partial charge in [-0.3, -0.25) is 4.79 Å². The van der Waals surface area contributed by atoms with Crippen LogP contribution in [0.5, 0.6) is 0 Å². The molecule has 0 saturated heterocycles. The summed E-state index contributed by atoms with van der Waals surface area (Å²) in [5.41, 5.74) is 7.68.